The molecular formula is C28H22O8. The number of carbonyl (C=O) groups is 4. The maximum absolute atomic E-state index is 12.6. The van der Waals surface area contributed by atoms with Gasteiger partial charge in [-0.2, -0.15) is 0 Å². The first-order chi connectivity index (χ1) is 17.2. The first-order valence-corrected chi connectivity index (χ1v) is 10.6. The van der Waals surface area contributed by atoms with Crippen molar-refractivity contribution in [1.82, 2.24) is 0 Å². The molecule has 36 heavy (non-hydrogen) atoms. The third-order valence-electron chi connectivity index (χ3n) is 4.71. The first-order valence-electron chi connectivity index (χ1n) is 10.6. The van der Waals surface area contributed by atoms with Crippen LogP contribution in [-0.2, 0) is 14.4 Å². The highest BCUT2D eigenvalue weighted by Crippen LogP contribution is 2.35. The Labute approximate surface area is 207 Å². The Balaban J connectivity index is 1.87. The number of ether oxygens (including phenoxy) is 4. The van der Waals surface area contributed by atoms with Crippen LogP contribution >= 0.6 is 0 Å². The van der Waals surface area contributed by atoms with E-state index in [2.05, 4.69) is 13.2 Å². The lowest BCUT2D eigenvalue weighted by atomic mass is 10.0. The highest BCUT2D eigenvalue weighted by atomic mass is 16.5. The van der Waals surface area contributed by atoms with Crippen LogP contribution in [0.1, 0.15) is 24.2 Å². The molecule has 0 saturated carbocycles. The highest BCUT2D eigenvalue weighted by Gasteiger charge is 2.16. The van der Waals surface area contributed by atoms with Crippen molar-refractivity contribution in [2.45, 2.75) is 13.8 Å². The van der Waals surface area contributed by atoms with E-state index >= 15 is 0 Å². The van der Waals surface area contributed by atoms with Gasteiger partial charge >= 0.3 is 17.9 Å². The predicted molar refractivity (Wildman–Crippen MR) is 131 cm³/mol. The van der Waals surface area contributed by atoms with Gasteiger partial charge in [-0.25, -0.2) is 14.4 Å². The molecule has 0 aliphatic carbocycles. The number of hydrogen-bond acceptors (Lipinski definition) is 8. The van der Waals surface area contributed by atoms with E-state index in [1.807, 2.05) is 0 Å². The molecule has 0 aliphatic rings. The van der Waals surface area contributed by atoms with Crippen molar-refractivity contribution < 1.29 is 38.1 Å². The fourth-order valence-corrected chi connectivity index (χ4v) is 2.86. The van der Waals surface area contributed by atoms with Crippen LogP contribution in [-0.4, -0.2) is 24.4 Å². The molecule has 0 amide bonds. The Kier molecular flexibility index (Phi) is 8.14. The Hall–Kier alpha value is -4.98. The molecule has 8 heteroatoms. The first kappa shape index (κ1) is 25.6. The lowest BCUT2D eigenvalue weighted by Gasteiger charge is -2.13. The molecule has 182 valence electrons. The van der Waals surface area contributed by atoms with Gasteiger partial charge in [0.2, 0.25) is 0 Å². The summed E-state index contributed by atoms with van der Waals surface area (Å²) in [5, 5.41) is 0. The van der Waals surface area contributed by atoms with Crippen LogP contribution in [0, 0.1) is 0 Å². The van der Waals surface area contributed by atoms with Crippen molar-refractivity contribution in [2.24, 2.45) is 0 Å². The van der Waals surface area contributed by atoms with E-state index in [4.69, 9.17) is 18.9 Å². The number of carbonyl (C=O) groups excluding carboxylic acids is 4. The van der Waals surface area contributed by atoms with Gasteiger partial charge in [-0.15, -0.1) is 0 Å². The van der Waals surface area contributed by atoms with Crippen molar-refractivity contribution in [3.05, 3.63) is 96.6 Å². The summed E-state index contributed by atoms with van der Waals surface area (Å²) in [5.74, 6) is -1.000. The molecule has 0 spiro atoms. The van der Waals surface area contributed by atoms with Gasteiger partial charge in [-0.1, -0.05) is 25.3 Å². The maximum atomic E-state index is 12.6. The average Bonchev–Trinajstić information content (AvgIpc) is 2.85. The predicted octanol–water partition coefficient (Wildman–Crippen LogP) is 5.07. The molecule has 0 saturated heterocycles. The van der Waals surface area contributed by atoms with E-state index in [0.29, 0.717) is 16.9 Å². The van der Waals surface area contributed by atoms with Crippen molar-refractivity contribution in [3.8, 4) is 34.1 Å². The molecule has 0 aliphatic heterocycles. The second kappa shape index (κ2) is 11.4. The Morgan fingerprint density at radius 2 is 1.25 bits per heavy atom. The lowest BCUT2D eigenvalue weighted by molar-refractivity contribution is -0.130. The number of benzene rings is 3. The second-order valence-electron chi connectivity index (χ2n) is 7.65. The van der Waals surface area contributed by atoms with Crippen LogP contribution in [0.25, 0.3) is 11.1 Å². The Morgan fingerprint density at radius 1 is 0.694 bits per heavy atom. The van der Waals surface area contributed by atoms with Gasteiger partial charge < -0.3 is 18.9 Å². The Bertz CT molecular complexity index is 1330. The van der Waals surface area contributed by atoms with Gasteiger partial charge in [0.25, 0.3) is 6.47 Å². The molecule has 0 aromatic heterocycles. The van der Waals surface area contributed by atoms with E-state index in [9.17, 15) is 19.2 Å². The smallest absolute Gasteiger partial charge is 0.343 e. The molecule has 0 N–H and O–H groups in total. The minimum absolute atomic E-state index is 0.133. The van der Waals surface area contributed by atoms with Crippen LogP contribution in [0.15, 0.2) is 91.0 Å². The summed E-state index contributed by atoms with van der Waals surface area (Å²) in [6, 6.07) is 16.9. The molecule has 0 unspecified atom stereocenters. The normalized spacial score (nSPS) is 10.1. The molecule has 8 nitrogen and oxygen atoms in total. The third kappa shape index (κ3) is 6.54. The molecule has 0 heterocycles. The average molecular weight is 486 g/mol. The summed E-state index contributed by atoms with van der Waals surface area (Å²) in [6.45, 7) is 10.5. The van der Waals surface area contributed by atoms with E-state index < -0.39 is 17.9 Å². The maximum Gasteiger partial charge on any atom is 0.343 e. The zero-order valence-electron chi connectivity index (χ0n) is 19.6. The van der Waals surface area contributed by atoms with Crippen LogP contribution < -0.4 is 18.9 Å². The van der Waals surface area contributed by atoms with E-state index in [0.717, 1.165) is 0 Å². The Morgan fingerprint density at radius 3 is 1.83 bits per heavy atom. The quantitative estimate of drug-likeness (QED) is 0.179. The van der Waals surface area contributed by atoms with Crippen LogP contribution in [0.2, 0.25) is 0 Å². The second-order valence-corrected chi connectivity index (χ2v) is 7.65. The largest absolute Gasteiger partial charge is 0.429 e. The van der Waals surface area contributed by atoms with Gasteiger partial charge in [0.1, 0.15) is 23.0 Å². The van der Waals surface area contributed by atoms with Gasteiger partial charge in [-0.05, 0) is 67.9 Å². The third-order valence-corrected chi connectivity index (χ3v) is 4.71. The lowest BCUT2D eigenvalue weighted by Crippen LogP contribution is -2.11. The summed E-state index contributed by atoms with van der Waals surface area (Å²) >= 11 is 0. The zero-order valence-corrected chi connectivity index (χ0v) is 19.6. The summed E-state index contributed by atoms with van der Waals surface area (Å²) in [6.07, 6.45) is 0. The van der Waals surface area contributed by atoms with Crippen molar-refractivity contribution in [2.75, 3.05) is 0 Å². The summed E-state index contributed by atoms with van der Waals surface area (Å²) in [5.41, 5.74) is 1.85. The molecule has 0 bridgehead atoms. The van der Waals surface area contributed by atoms with E-state index in [1.54, 1.807) is 43.3 Å². The minimum atomic E-state index is -0.665. The van der Waals surface area contributed by atoms with Crippen molar-refractivity contribution in [3.63, 3.8) is 0 Å². The zero-order chi connectivity index (χ0) is 26.2. The highest BCUT2D eigenvalue weighted by molar-refractivity contribution is 5.92. The monoisotopic (exact) mass is 486 g/mol. The minimum Gasteiger partial charge on any atom is -0.429 e. The van der Waals surface area contributed by atoms with E-state index in [1.165, 1.54) is 37.3 Å². The molecular weight excluding hydrogens is 464 g/mol. The summed E-state index contributed by atoms with van der Waals surface area (Å²) in [7, 11) is 0. The summed E-state index contributed by atoms with van der Waals surface area (Å²) < 4.78 is 20.8. The molecule has 3 aromatic carbocycles. The molecule has 0 atom stereocenters. The van der Waals surface area contributed by atoms with Gasteiger partial charge in [0.05, 0.1) is 5.56 Å². The van der Waals surface area contributed by atoms with Crippen LogP contribution in [0.5, 0.6) is 23.0 Å². The van der Waals surface area contributed by atoms with Crippen molar-refractivity contribution in [1.29, 1.82) is 0 Å². The SMILES string of the molecule is C=C(C)C(=O)Oc1ccc(-c2ccc(OC(=O)c3ccc(OC=O)cc3)cc2OC(=O)C(=C)C)cc1. The van der Waals surface area contributed by atoms with Gasteiger partial charge in [0.15, 0.2) is 0 Å². The van der Waals surface area contributed by atoms with Gasteiger partial charge in [-0.3, -0.25) is 4.79 Å². The molecule has 0 radical (unpaired) electrons. The molecule has 0 fully saturated rings. The topological polar surface area (TPSA) is 105 Å². The van der Waals surface area contributed by atoms with Gasteiger partial charge in [0, 0.05) is 22.8 Å². The fraction of sp³-hybridized carbons (Fsp3) is 0.0714. The fourth-order valence-electron chi connectivity index (χ4n) is 2.86. The van der Waals surface area contributed by atoms with Crippen molar-refractivity contribution >= 4 is 24.4 Å². The number of rotatable bonds is 9. The number of esters is 3. The van der Waals surface area contributed by atoms with Crippen LogP contribution in [0.4, 0.5) is 0 Å². The molecule has 3 aromatic rings. The van der Waals surface area contributed by atoms with E-state index in [-0.39, 0.29) is 40.4 Å². The summed E-state index contributed by atoms with van der Waals surface area (Å²) in [4.78, 5) is 46.9. The standard InChI is InChI=1S/C28H22O8/c1-17(2)26(30)34-22-11-5-19(6-12-22)24-14-13-23(15-25(24)36-27(31)18(3)4)35-28(32)20-7-9-21(10-8-20)33-16-29/h5-16H,1,3H2,2,4H3. The molecule has 3 rings (SSSR count). The number of hydrogen-bond donors (Lipinski definition) is 0. The van der Waals surface area contributed by atoms with Crippen LogP contribution in [0.3, 0.4) is 0 Å².